The Morgan fingerprint density at radius 3 is 2.96 bits per heavy atom. The monoisotopic (exact) mass is 344 g/mol. The summed E-state index contributed by atoms with van der Waals surface area (Å²) in [7, 11) is 1.54. The van der Waals surface area contributed by atoms with Gasteiger partial charge in [0, 0.05) is 23.9 Å². The molecule has 7 heteroatoms. The van der Waals surface area contributed by atoms with Crippen molar-refractivity contribution < 1.29 is 13.5 Å². The van der Waals surface area contributed by atoms with E-state index in [1.807, 2.05) is 4.90 Å². The predicted octanol–water partition coefficient (Wildman–Crippen LogP) is 3.71. The topological polar surface area (TPSA) is 54.0 Å². The molecule has 0 saturated carbocycles. The number of halogens is 2. The fourth-order valence-corrected chi connectivity index (χ4v) is 3.41. The third kappa shape index (κ3) is 2.79. The first-order valence-corrected chi connectivity index (χ1v) is 8.22. The Balaban J connectivity index is 1.90. The maximum absolute atomic E-state index is 13.9. The second-order valence-corrected chi connectivity index (χ2v) is 6.15. The van der Waals surface area contributed by atoms with E-state index in [1.165, 1.54) is 18.5 Å². The molecule has 1 aromatic carbocycles. The normalized spacial score (nSPS) is 17.9. The van der Waals surface area contributed by atoms with Crippen LogP contribution >= 0.6 is 0 Å². The van der Waals surface area contributed by atoms with E-state index in [0.29, 0.717) is 35.7 Å². The quantitative estimate of drug-likeness (QED) is 0.787. The third-order valence-electron chi connectivity index (χ3n) is 4.56. The Hall–Kier alpha value is -2.70. The average molecular weight is 344 g/mol. The minimum atomic E-state index is -0.870. The highest BCUT2D eigenvalue weighted by Crippen LogP contribution is 2.39. The molecule has 1 N–H and O–H groups in total. The molecule has 4 rings (SSSR count). The van der Waals surface area contributed by atoms with E-state index in [9.17, 15) is 8.78 Å². The molecule has 25 heavy (non-hydrogen) atoms. The van der Waals surface area contributed by atoms with E-state index in [-0.39, 0.29) is 5.82 Å². The number of ether oxygens (including phenoxy) is 1. The van der Waals surface area contributed by atoms with Gasteiger partial charge < -0.3 is 14.6 Å². The highest BCUT2D eigenvalue weighted by Gasteiger charge is 2.24. The van der Waals surface area contributed by atoms with Crippen molar-refractivity contribution >= 4 is 16.9 Å². The van der Waals surface area contributed by atoms with Crippen LogP contribution in [0.25, 0.3) is 22.2 Å². The number of fused-ring (bicyclic) bond motifs is 1. The van der Waals surface area contributed by atoms with E-state index in [1.54, 1.807) is 19.4 Å². The Morgan fingerprint density at radius 1 is 1.28 bits per heavy atom. The van der Waals surface area contributed by atoms with Crippen molar-refractivity contribution in [2.24, 2.45) is 0 Å². The molecule has 1 aliphatic heterocycles. The largest absolute Gasteiger partial charge is 0.496 e. The molecule has 0 aliphatic carbocycles. The first kappa shape index (κ1) is 15.8. The number of nitrogens with one attached hydrogen (secondary N) is 1. The number of aromatic nitrogens is 3. The first-order valence-electron chi connectivity index (χ1n) is 8.22. The predicted molar refractivity (Wildman–Crippen MR) is 92.2 cm³/mol. The molecule has 2 aromatic heterocycles. The van der Waals surface area contributed by atoms with E-state index in [4.69, 9.17) is 4.74 Å². The van der Waals surface area contributed by atoms with Crippen LogP contribution in [-0.2, 0) is 0 Å². The van der Waals surface area contributed by atoms with Crippen molar-refractivity contribution in [1.29, 1.82) is 0 Å². The Morgan fingerprint density at radius 2 is 2.16 bits per heavy atom. The van der Waals surface area contributed by atoms with Crippen molar-refractivity contribution in [1.82, 2.24) is 15.0 Å². The van der Waals surface area contributed by atoms with Crippen molar-refractivity contribution in [3.05, 3.63) is 36.5 Å². The fraction of sp³-hybridized carbons (Fsp3) is 0.333. The second-order valence-electron chi connectivity index (χ2n) is 6.15. The van der Waals surface area contributed by atoms with Crippen molar-refractivity contribution in [2.75, 3.05) is 25.1 Å². The lowest BCUT2D eigenvalue weighted by atomic mass is 10.0. The maximum atomic E-state index is 13.9. The number of hydrogen-bond acceptors (Lipinski definition) is 4. The second kappa shape index (κ2) is 6.31. The molecule has 130 valence electrons. The van der Waals surface area contributed by atoms with Crippen molar-refractivity contribution in [2.45, 2.75) is 19.0 Å². The maximum Gasteiger partial charge on any atom is 0.143 e. The number of rotatable bonds is 3. The van der Waals surface area contributed by atoms with Gasteiger partial charge in [-0.15, -0.1) is 0 Å². The SMILES string of the molecule is COc1ccc(F)cc1-c1c[nH]c2ncnc(N3CCCC(F)C3)c12. The van der Waals surface area contributed by atoms with Crippen LogP contribution in [0, 0.1) is 5.82 Å². The van der Waals surface area contributed by atoms with E-state index >= 15 is 0 Å². The van der Waals surface area contributed by atoms with Gasteiger partial charge in [-0.05, 0) is 31.0 Å². The lowest BCUT2D eigenvalue weighted by Gasteiger charge is -2.30. The molecular formula is C18H18F2N4O. The van der Waals surface area contributed by atoms with Crippen LogP contribution < -0.4 is 9.64 Å². The molecule has 1 aliphatic rings. The number of hydrogen-bond donors (Lipinski definition) is 1. The molecule has 5 nitrogen and oxygen atoms in total. The molecule has 0 spiro atoms. The van der Waals surface area contributed by atoms with Crippen molar-refractivity contribution in [3.63, 3.8) is 0 Å². The van der Waals surface area contributed by atoms with Crippen LogP contribution in [0.2, 0.25) is 0 Å². The van der Waals surface area contributed by atoms with Crippen LogP contribution in [0.5, 0.6) is 5.75 Å². The number of aromatic amines is 1. The number of H-pyrrole nitrogens is 1. The molecule has 0 amide bonds. The highest BCUT2D eigenvalue weighted by molar-refractivity contribution is 6.02. The minimum absolute atomic E-state index is 0.303. The summed E-state index contributed by atoms with van der Waals surface area (Å²) in [5, 5.41) is 0.750. The molecule has 0 radical (unpaired) electrons. The zero-order chi connectivity index (χ0) is 17.4. The molecule has 0 bridgehead atoms. The van der Waals surface area contributed by atoms with Gasteiger partial charge >= 0.3 is 0 Å². The van der Waals surface area contributed by atoms with Crippen molar-refractivity contribution in [3.8, 4) is 16.9 Å². The van der Waals surface area contributed by atoms with Gasteiger partial charge in [0.25, 0.3) is 0 Å². The summed E-state index contributed by atoms with van der Waals surface area (Å²) in [5.74, 6) is 0.861. The zero-order valence-corrected chi connectivity index (χ0v) is 13.8. The standard InChI is InChI=1S/C18H18F2N4O/c1-25-15-5-4-11(19)7-13(15)14-8-21-17-16(14)18(23-10-22-17)24-6-2-3-12(20)9-24/h4-5,7-8,10,12H,2-3,6,9H2,1H3,(H,21,22,23). The summed E-state index contributed by atoms with van der Waals surface area (Å²) in [6, 6.07) is 4.37. The van der Waals surface area contributed by atoms with Gasteiger partial charge in [0.2, 0.25) is 0 Å². The molecule has 3 aromatic rings. The highest BCUT2D eigenvalue weighted by atomic mass is 19.1. The number of piperidine rings is 1. The Labute approximate surface area is 143 Å². The summed E-state index contributed by atoms with van der Waals surface area (Å²) in [6.45, 7) is 1.04. The number of anilines is 1. The third-order valence-corrected chi connectivity index (χ3v) is 4.56. The van der Waals surface area contributed by atoms with Crippen LogP contribution in [0.4, 0.5) is 14.6 Å². The van der Waals surface area contributed by atoms with Gasteiger partial charge in [-0.3, -0.25) is 0 Å². The Kier molecular flexibility index (Phi) is 3.99. The van der Waals surface area contributed by atoms with Gasteiger partial charge in [0.05, 0.1) is 19.0 Å². The summed E-state index contributed by atoms with van der Waals surface area (Å²) >= 11 is 0. The van der Waals surface area contributed by atoms with Gasteiger partial charge in [-0.25, -0.2) is 18.7 Å². The number of alkyl halides is 1. The van der Waals surface area contributed by atoms with Crippen LogP contribution in [0.3, 0.4) is 0 Å². The first-order chi connectivity index (χ1) is 12.2. The molecule has 1 fully saturated rings. The summed E-state index contributed by atoms with van der Waals surface area (Å²) < 4.78 is 33.1. The van der Waals surface area contributed by atoms with Gasteiger partial charge in [-0.2, -0.15) is 0 Å². The van der Waals surface area contributed by atoms with E-state index < -0.39 is 6.17 Å². The van der Waals surface area contributed by atoms with Gasteiger partial charge in [0.1, 0.15) is 35.5 Å². The van der Waals surface area contributed by atoms with E-state index in [2.05, 4.69) is 15.0 Å². The average Bonchev–Trinajstić information content (AvgIpc) is 3.05. The molecule has 1 unspecified atom stereocenters. The lowest BCUT2D eigenvalue weighted by Crippen LogP contribution is -2.37. The van der Waals surface area contributed by atoms with Gasteiger partial charge in [0.15, 0.2) is 0 Å². The molecular weight excluding hydrogens is 326 g/mol. The summed E-state index contributed by atoms with van der Waals surface area (Å²) in [5.41, 5.74) is 1.98. The van der Waals surface area contributed by atoms with Crippen LogP contribution in [0.1, 0.15) is 12.8 Å². The molecule has 3 heterocycles. The number of nitrogens with zero attached hydrogens (tertiary/aromatic N) is 3. The molecule has 1 saturated heterocycles. The minimum Gasteiger partial charge on any atom is -0.496 e. The molecule has 1 atom stereocenters. The van der Waals surface area contributed by atoms with Gasteiger partial charge in [-0.1, -0.05) is 0 Å². The number of benzene rings is 1. The zero-order valence-electron chi connectivity index (χ0n) is 13.8. The van der Waals surface area contributed by atoms with E-state index in [0.717, 1.165) is 23.9 Å². The lowest BCUT2D eigenvalue weighted by molar-refractivity contribution is 0.286. The van der Waals surface area contributed by atoms with Crippen LogP contribution in [0.15, 0.2) is 30.7 Å². The summed E-state index contributed by atoms with van der Waals surface area (Å²) in [6.07, 6.45) is 3.70. The van der Waals surface area contributed by atoms with Crippen LogP contribution in [-0.4, -0.2) is 41.3 Å². The summed E-state index contributed by atoms with van der Waals surface area (Å²) in [4.78, 5) is 13.7. The number of methoxy groups -OCH3 is 1. The Bertz CT molecular complexity index is 911. The smallest absolute Gasteiger partial charge is 0.143 e. The fourth-order valence-electron chi connectivity index (χ4n) is 3.41.